The summed E-state index contributed by atoms with van der Waals surface area (Å²) in [6, 6.07) is 8.15. The van der Waals surface area contributed by atoms with Crippen molar-refractivity contribution in [1.29, 1.82) is 0 Å². The number of fused-ring (bicyclic) bond motifs is 1. The van der Waals surface area contributed by atoms with Gasteiger partial charge in [0.05, 0.1) is 17.6 Å². The molecule has 0 radical (unpaired) electrons. The Morgan fingerprint density at radius 3 is 3.00 bits per heavy atom. The molecule has 6 nitrogen and oxygen atoms in total. The lowest BCUT2D eigenvalue weighted by Crippen LogP contribution is -2.40. The minimum Gasteiger partial charge on any atom is -0.379 e. The zero-order valence-corrected chi connectivity index (χ0v) is 16.0. The summed E-state index contributed by atoms with van der Waals surface area (Å²) in [6.07, 6.45) is 4.56. The van der Waals surface area contributed by atoms with Gasteiger partial charge in [-0.15, -0.1) is 0 Å². The van der Waals surface area contributed by atoms with E-state index in [0.717, 1.165) is 74.4 Å². The van der Waals surface area contributed by atoms with Crippen LogP contribution < -0.4 is 5.32 Å². The van der Waals surface area contributed by atoms with Crippen LogP contribution in [0.3, 0.4) is 0 Å². The number of aromatic amines is 1. The molecular weight excluding hydrogens is 326 g/mol. The molecule has 142 valence electrons. The monoisotopic (exact) mass is 357 g/mol. The minimum atomic E-state index is 0.760. The van der Waals surface area contributed by atoms with Gasteiger partial charge in [-0.1, -0.05) is 12.1 Å². The van der Waals surface area contributed by atoms with Gasteiger partial charge in [0, 0.05) is 39.7 Å². The fourth-order valence-corrected chi connectivity index (χ4v) is 2.87. The van der Waals surface area contributed by atoms with Crippen molar-refractivity contribution in [2.75, 3.05) is 39.9 Å². The first-order chi connectivity index (χ1) is 12.8. The van der Waals surface area contributed by atoms with Crippen LogP contribution in [0.15, 0.2) is 29.3 Å². The number of hydrogen-bond acceptors (Lipinski definition) is 3. The third-order valence-electron chi connectivity index (χ3n) is 4.59. The molecule has 2 aromatic rings. The van der Waals surface area contributed by atoms with Gasteiger partial charge in [0.15, 0.2) is 5.96 Å². The Morgan fingerprint density at radius 2 is 2.23 bits per heavy atom. The first-order valence-electron chi connectivity index (χ1n) is 9.77. The number of hydrogen-bond donors (Lipinski definition) is 2. The summed E-state index contributed by atoms with van der Waals surface area (Å²) >= 11 is 0. The van der Waals surface area contributed by atoms with Crippen molar-refractivity contribution in [2.45, 2.75) is 32.6 Å². The van der Waals surface area contributed by atoms with E-state index in [1.54, 1.807) is 0 Å². The minimum absolute atomic E-state index is 0.760. The summed E-state index contributed by atoms with van der Waals surface area (Å²) in [7, 11) is 2.07. The van der Waals surface area contributed by atoms with Crippen molar-refractivity contribution in [3.05, 3.63) is 30.1 Å². The van der Waals surface area contributed by atoms with Crippen LogP contribution in [0.5, 0.6) is 0 Å². The molecule has 1 aliphatic rings. The number of aryl methyl sites for hydroxylation is 1. The first-order valence-corrected chi connectivity index (χ1v) is 9.77. The molecule has 0 bridgehead atoms. The molecule has 0 aliphatic heterocycles. The molecular formula is C20H31N5O. The van der Waals surface area contributed by atoms with E-state index in [9.17, 15) is 0 Å². The number of para-hydroxylation sites is 2. The van der Waals surface area contributed by atoms with Crippen LogP contribution in [0.2, 0.25) is 0 Å². The SMILES string of the molecule is CCNC(=NCCCc1nc2ccccc2[nH]1)N(C)CCOCC1CC1. The van der Waals surface area contributed by atoms with Crippen molar-refractivity contribution < 1.29 is 4.74 Å². The largest absolute Gasteiger partial charge is 0.379 e. The third kappa shape index (κ3) is 5.73. The van der Waals surface area contributed by atoms with E-state index < -0.39 is 0 Å². The number of aliphatic imine (C=N–C) groups is 1. The Bertz CT molecular complexity index is 674. The topological polar surface area (TPSA) is 65.5 Å². The van der Waals surface area contributed by atoms with Gasteiger partial charge in [-0.3, -0.25) is 4.99 Å². The second-order valence-electron chi connectivity index (χ2n) is 6.98. The van der Waals surface area contributed by atoms with Gasteiger partial charge in [0.25, 0.3) is 0 Å². The fourth-order valence-electron chi connectivity index (χ4n) is 2.87. The van der Waals surface area contributed by atoms with Crippen molar-refractivity contribution in [1.82, 2.24) is 20.2 Å². The molecule has 1 heterocycles. The predicted octanol–water partition coefficient (Wildman–Crippen LogP) is 2.82. The van der Waals surface area contributed by atoms with E-state index in [1.165, 1.54) is 12.8 Å². The van der Waals surface area contributed by atoms with Gasteiger partial charge in [-0.25, -0.2) is 4.98 Å². The Balaban J connectivity index is 1.41. The highest BCUT2D eigenvalue weighted by Gasteiger charge is 2.21. The van der Waals surface area contributed by atoms with Crippen molar-refractivity contribution in [3.8, 4) is 0 Å². The molecule has 6 heteroatoms. The number of aromatic nitrogens is 2. The van der Waals surface area contributed by atoms with Gasteiger partial charge >= 0.3 is 0 Å². The van der Waals surface area contributed by atoms with Crippen LogP contribution in [0.1, 0.15) is 32.0 Å². The maximum Gasteiger partial charge on any atom is 0.193 e. The Hall–Kier alpha value is -2.08. The molecule has 0 atom stereocenters. The summed E-state index contributed by atoms with van der Waals surface area (Å²) in [5.41, 5.74) is 2.13. The van der Waals surface area contributed by atoms with Gasteiger partial charge in [0.2, 0.25) is 0 Å². The number of likely N-dealkylation sites (N-methyl/N-ethyl adjacent to an activating group) is 1. The van der Waals surface area contributed by atoms with Gasteiger partial charge in [-0.05, 0) is 44.2 Å². The lowest BCUT2D eigenvalue weighted by atomic mass is 10.3. The van der Waals surface area contributed by atoms with Gasteiger partial charge in [-0.2, -0.15) is 0 Å². The molecule has 3 rings (SSSR count). The predicted molar refractivity (Wildman–Crippen MR) is 107 cm³/mol. The summed E-state index contributed by atoms with van der Waals surface area (Å²) in [6.45, 7) is 6.29. The third-order valence-corrected chi connectivity index (χ3v) is 4.59. The molecule has 1 aromatic heterocycles. The summed E-state index contributed by atoms with van der Waals surface area (Å²) in [5.74, 6) is 2.81. The maximum absolute atomic E-state index is 5.73. The fraction of sp³-hybridized carbons (Fsp3) is 0.600. The average molecular weight is 358 g/mol. The summed E-state index contributed by atoms with van der Waals surface area (Å²) in [4.78, 5) is 14.9. The highest BCUT2D eigenvalue weighted by atomic mass is 16.5. The van der Waals surface area contributed by atoms with E-state index in [0.29, 0.717) is 0 Å². The van der Waals surface area contributed by atoms with Crippen LogP contribution in [-0.4, -0.2) is 60.7 Å². The van der Waals surface area contributed by atoms with Crippen LogP contribution in [0.25, 0.3) is 11.0 Å². The van der Waals surface area contributed by atoms with Crippen molar-refractivity contribution in [3.63, 3.8) is 0 Å². The van der Waals surface area contributed by atoms with Crippen molar-refractivity contribution in [2.24, 2.45) is 10.9 Å². The van der Waals surface area contributed by atoms with Crippen LogP contribution in [0.4, 0.5) is 0 Å². The molecule has 1 aromatic carbocycles. The number of rotatable bonds is 10. The van der Waals surface area contributed by atoms with E-state index in [2.05, 4.69) is 40.2 Å². The van der Waals surface area contributed by atoms with Crippen LogP contribution in [-0.2, 0) is 11.2 Å². The molecule has 1 aliphatic carbocycles. The van der Waals surface area contributed by atoms with Crippen LogP contribution >= 0.6 is 0 Å². The Morgan fingerprint density at radius 1 is 1.38 bits per heavy atom. The van der Waals surface area contributed by atoms with Crippen molar-refractivity contribution >= 4 is 17.0 Å². The summed E-state index contributed by atoms with van der Waals surface area (Å²) < 4.78 is 5.73. The molecule has 0 saturated heterocycles. The molecule has 1 fully saturated rings. The quantitative estimate of drug-likeness (QED) is 0.390. The van der Waals surface area contributed by atoms with E-state index in [-0.39, 0.29) is 0 Å². The molecule has 1 saturated carbocycles. The zero-order valence-electron chi connectivity index (χ0n) is 16.0. The number of benzene rings is 1. The highest BCUT2D eigenvalue weighted by Crippen LogP contribution is 2.28. The normalized spacial score (nSPS) is 14.8. The number of guanidine groups is 1. The van der Waals surface area contributed by atoms with E-state index in [1.807, 2.05) is 18.2 Å². The highest BCUT2D eigenvalue weighted by molar-refractivity contribution is 5.79. The lowest BCUT2D eigenvalue weighted by molar-refractivity contribution is 0.115. The maximum atomic E-state index is 5.73. The number of nitrogens with zero attached hydrogens (tertiary/aromatic N) is 3. The number of ether oxygens (including phenoxy) is 1. The van der Waals surface area contributed by atoms with E-state index >= 15 is 0 Å². The van der Waals surface area contributed by atoms with E-state index in [4.69, 9.17) is 9.73 Å². The number of H-pyrrole nitrogens is 1. The second kappa shape index (κ2) is 9.57. The molecule has 26 heavy (non-hydrogen) atoms. The second-order valence-corrected chi connectivity index (χ2v) is 6.98. The zero-order chi connectivity index (χ0) is 18.2. The lowest BCUT2D eigenvalue weighted by Gasteiger charge is -2.22. The molecule has 0 amide bonds. The molecule has 2 N–H and O–H groups in total. The Labute approximate surface area is 156 Å². The van der Waals surface area contributed by atoms with Crippen LogP contribution in [0, 0.1) is 5.92 Å². The Kier molecular flexibility index (Phi) is 6.89. The smallest absolute Gasteiger partial charge is 0.193 e. The summed E-state index contributed by atoms with van der Waals surface area (Å²) in [5, 5.41) is 3.36. The number of nitrogens with one attached hydrogen (secondary N) is 2. The average Bonchev–Trinajstić information content (AvgIpc) is 3.38. The molecule has 0 unspecified atom stereocenters. The first kappa shape index (κ1) is 18.7. The standard InChI is InChI=1S/C20H31N5O/c1-3-21-20(25(2)13-14-26-15-16-10-11-16)22-12-6-9-19-23-17-7-4-5-8-18(17)24-19/h4-5,7-8,16H,3,6,9-15H2,1-2H3,(H,21,22)(H,23,24). The molecule has 0 spiro atoms. The number of imidazole rings is 1. The van der Waals surface area contributed by atoms with Gasteiger partial charge < -0.3 is 19.9 Å². The van der Waals surface area contributed by atoms with Gasteiger partial charge in [0.1, 0.15) is 5.82 Å².